The summed E-state index contributed by atoms with van der Waals surface area (Å²) in [6.07, 6.45) is 2.13. The second-order valence-corrected chi connectivity index (χ2v) is 4.42. The second kappa shape index (κ2) is 6.64. The fourth-order valence-corrected chi connectivity index (χ4v) is 1.80. The van der Waals surface area contributed by atoms with E-state index in [1.807, 2.05) is 0 Å². The molecule has 1 aromatic rings. The Bertz CT molecular complexity index is 459. The van der Waals surface area contributed by atoms with Gasteiger partial charge >= 0.3 is 11.0 Å². The summed E-state index contributed by atoms with van der Waals surface area (Å²) in [4.78, 5) is 35.1. The summed E-state index contributed by atoms with van der Waals surface area (Å²) >= 11 is 0.777. The smallest absolute Gasteiger partial charge is 0.345 e. The molecule has 1 heterocycles. The molecule has 18 heavy (non-hydrogen) atoms. The van der Waals surface area contributed by atoms with Crippen molar-refractivity contribution in [3.8, 4) is 0 Å². The Morgan fingerprint density at radius 1 is 1.44 bits per heavy atom. The van der Waals surface area contributed by atoms with Gasteiger partial charge in [0.25, 0.3) is 0 Å². The van der Waals surface area contributed by atoms with Gasteiger partial charge in [-0.2, -0.15) is 0 Å². The molecule has 8 nitrogen and oxygen atoms in total. The molecule has 9 heteroatoms. The molecule has 0 radical (unpaired) electrons. The summed E-state index contributed by atoms with van der Waals surface area (Å²) in [7, 11) is 0. The van der Waals surface area contributed by atoms with Gasteiger partial charge in [0.05, 0.1) is 4.92 Å². The van der Waals surface area contributed by atoms with Crippen molar-refractivity contribution in [3.05, 3.63) is 16.3 Å². The minimum absolute atomic E-state index is 0.0238. The minimum atomic E-state index is -0.897. The molecule has 0 atom stereocenters. The van der Waals surface area contributed by atoms with E-state index in [9.17, 15) is 19.7 Å². The third kappa shape index (κ3) is 4.87. The predicted octanol–water partition coefficient (Wildman–Crippen LogP) is 1.63. The summed E-state index contributed by atoms with van der Waals surface area (Å²) in [6, 6.07) is 0. The minimum Gasteiger partial charge on any atom is -0.481 e. The summed E-state index contributed by atoms with van der Waals surface area (Å²) in [6.45, 7) is 0. The van der Waals surface area contributed by atoms with Crippen molar-refractivity contribution in [2.24, 2.45) is 0 Å². The number of anilines is 1. The van der Waals surface area contributed by atoms with Gasteiger partial charge in [0.15, 0.2) is 5.13 Å². The van der Waals surface area contributed by atoms with Crippen LogP contribution in [0.1, 0.15) is 25.7 Å². The van der Waals surface area contributed by atoms with Gasteiger partial charge in [-0.15, -0.1) is 0 Å². The van der Waals surface area contributed by atoms with Gasteiger partial charge < -0.3 is 10.4 Å². The van der Waals surface area contributed by atoms with Crippen LogP contribution in [-0.4, -0.2) is 26.9 Å². The highest BCUT2D eigenvalue weighted by molar-refractivity contribution is 7.18. The van der Waals surface area contributed by atoms with Crippen molar-refractivity contribution in [3.63, 3.8) is 0 Å². The lowest BCUT2D eigenvalue weighted by molar-refractivity contribution is -0.380. The van der Waals surface area contributed by atoms with Crippen LogP contribution in [0.2, 0.25) is 0 Å². The normalized spacial score (nSPS) is 10.0. The third-order valence-corrected chi connectivity index (χ3v) is 2.83. The molecule has 1 aromatic heterocycles. The Labute approximate surface area is 106 Å². The summed E-state index contributed by atoms with van der Waals surface area (Å²) in [5.41, 5.74) is 0. The van der Waals surface area contributed by atoms with Crippen molar-refractivity contribution in [1.29, 1.82) is 0 Å². The number of hydrogen-bond donors (Lipinski definition) is 2. The maximum Gasteiger partial charge on any atom is 0.345 e. The number of aromatic nitrogens is 1. The molecule has 1 rings (SSSR count). The van der Waals surface area contributed by atoms with E-state index in [2.05, 4.69) is 10.3 Å². The van der Waals surface area contributed by atoms with Gasteiger partial charge in [-0.1, -0.05) is 0 Å². The SMILES string of the molecule is O=C(O)CCCCC(=O)Nc1ncc([N+](=O)[O-])s1. The molecular formula is C9H11N3O5S. The van der Waals surface area contributed by atoms with Gasteiger partial charge in [-0.05, 0) is 24.2 Å². The molecule has 2 N–H and O–H groups in total. The highest BCUT2D eigenvalue weighted by Crippen LogP contribution is 2.24. The molecule has 1 amide bonds. The van der Waals surface area contributed by atoms with Gasteiger partial charge in [0.1, 0.15) is 6.20 Å². The van der Waals surface area contributed by atoms with Crippen LogP contribution in [0.3, 0.4) is 0 Å². The van der Waals surface area contributed by atoms with E-state index in [4.69, 9.17) is 5.11 Å². The molecule has 0 bridgehead atoms. The maximum absolute atomic E-state index is 11.4. The topological polar surface area (TPSA) is 122 Å². The number of carbonyl (C=O) groups is 2. The molecule has 0 aliphatic heterocycles. The van der Waals surface area contributed by atoms with Crippen LogP contribution in [0.4, 0.5) is 10.1 Å². The van der Waals surface area contributed by atoms with Crippen LogP contribution < -0.4 is 5.32 Å². The summed E-state index contributed by atoms with van der Waals surface area (Å²) < 4.78 is 0. The predicted molar refractivity (Wildman–Crippen MR) is 63.5 cm³/mol. The average Bonchev–Trinajstić information content (AvgIpc) is 2.72. The largest absolute Gasteiger partial charge is 0.481 e. The first-order valence-electron chi connectivity index (χ1n) is 5.11. The Morgan fingerprint density at radius 3 is 2.67 bits per heavy atom. The standard InChI is InChI=1S/C9H11N3O5S/c13-6(3-1-2-4-8(14)15)11-9-10-5-7(18-9)12(16)17/h5H,1-4H2,(H,14,15)(H,10,11,13). The average molecular weight is 273 g/mol. The molecule has 0 spiro atoms. The van der Waals surface area contributed by atoms with Crippen LogP contribution in [0.25, 0.3) is 0 Å². The molecule has 0 aromatic carbocycles. The first-order chi connectivity index (χ1) is 8.49. The van der Waals surface area contributed by atoms with E-state index in [-0.39, 0.29) is 28.9 Å². The Balaban J connectivity index is 2.31. The van der Waals surface area contributed by atoms with Crippen LogP contribution in [0.15, 0.2) is 6.20 Å². The van der Waals surface area contributed by atoms with Crippen LogP contribution in [0.5, 0.6) is 0 Å². The van der Waals surface area contributed by atoms with Crippen molar-refractivity contribution < 1.29 is 19.6 Å². The number of hydrogen-bond acceptors (Lipinski definition) is 6. The zero-order valence-electron chi connectivity index (χ0n) is 9.29. The van der Waals surface area contributed by atoms with Gasteiger partial charge in [0, 0.05) is 12.8 Å². The van der Waals surface area contributed by atoms with Gasteiger partial charge in [0.2, 0.25) is 5.91 Å². The molecule has 0 fully saturated rings. The highest BCUT2D eigenvalue weighted by atomic mass is 32.1. The third-order valence-electron chi connectivity index (χ3n) is 1.96. The zero-order valence-corrected chi connectivity index (χ0v) is 10.1. The van der Waals surface area contributed by atoms with Crippen LogP contribution in [0, 0.1) is 10.1 Å². The van der Waals surface area contributed by atoms with Gasteiger partial charge in [-0.25, -0.2) is 4.98 Å². The number of thiazole rings is 1. The second-order valence-electron chi connectivity index (χ2n) is 3.41. The lowest BCUT2D eigenvalue weighted by atomic mass is 10.2. The Hall–Kier alpha value is -2.03. The molecule has 0 saturated carbocycles. The summed E-state index contributed by atoms with van der Waals surface area (Å²) in [5, 5.41) is 21.2. The number of carboxylic acids is 1. The van der Waals surface area contributed by atoms with Crippen molar-refractivity contribution in [2.45, 2.75) is 25.7 Å². The maximum atomic E-state index is 11.4. The fourth-order valence-electron chi connectivity index (χ4n) is 1.15. The number of nitrogens with zero attached hydrogens (tertiary/aromatic N) is 2. The number of unbranched alkanes of at least 4 members (excludes halogenated alkanes) is 1. The van der Waals surface area contributed by atoms with Crippen LogP contribution >= 0.6 is 11.3 Å². The number of nitro groups is 1. The molecule has 0 aliphatic rings. The lowest BCUT2D eigenvalue weighted by Crippen LogP contribution is -2.10. The van der Waals surface area contributed by atoms with E-state index in [1.54, 1.807) is 0 Å². The van der Waals surface area contributed by atoms with Gasteiger partial charge in [-0.3, -0.25) is 19.7 Å². The highest BCUT2D eigenvalue weighted by Gasteiger charge is 2.13. The summed E-state index contributed by atoms with van der Waals surface area (Å²) in [5.74, 6) is -1.23. The molecule has 0 aliphatic carbocycles. The molecule has 0 unspecified atom stereocenters. The van der Waals surface area contributed by atoms with E-state index >= 15 is 0 Å². The zero-order chi connectivity index (χ0) is 13.5. The number of aliphatic carboxylic acids is 1. The lowest BCUT2D eigenvalue weighted by Gasteiger charge is -2.00. The quantitative estimate of drug-likeness (QED) is 0.442. The Morgan fingerprint density at radius 2 is 2.11 bits per heavy atom. The van der Waals surface area contributed by atoms with Crippen molar-refractivity contribution >= 4 is 33.3 Å². The number of carbonyl (C=O) groups excluding carboxylic acids is 1. The monoisotopic (exact) mass is 273 g/mol. The van der Waals surface area contributed by atoms with Crippen molar-refractivity contribution in [1.82, 2.24) is 4.98 Å². The first-order valence-corrected chi connectivity index (χ1v) is 5.92. The number of amides is 1. The Kier molecular flexibility index (Phi) is 5.18. The fraction of sp³-hybridized carbons (Fsp3) is 0.444. The van der Waals surface area contributed by atoms with E-state index in [1.165, 1.54) is 0 Å². The number of nitrogens with one attached hydrogen (secondary N) is 1. The van der Waals surface area contributed by atoms with E-state index in [0.717, 1.165) is 17.5 Å². The number of carboxylic acid groups (broad SMARTS) is 1. The van der Waals surface area contributed by atoms with Crippen LogP contribution in [-0.2, 0) is 9.59 Å². The van der Waals surface area contributed by atoms with E-state index in [0.29, 0.717) is 12.8 Å². The first kappa shape index (κ1) is 14.0. The van der Waals surface area contributed by atoms with Crippen molar-refractivity contribution in [2.75, 3.05) is 5.32 Å². The molecule has 0 saturated heterocycles. The molecular weight excluding hydrogens is 262 g/mol. The van der Waals surface area contributed by atoms with E-state index < -0.39 is 10.9 Å². The molecule has 98 valence electrons. The number of rotatable bonds is 7.